The van der Waals surface area contributed by atoms with Crippen molar-refractivity contribution in [3.8, 4) is 0 Å². The lowest BCUT2D eigenvalue weighted by Gasteiger charge is -2.00. The Bertz CT molecular complexity index is 474. The SMILES string of the molecule is CCc1nc(Cn2nnc(N)c2CC)no1. The average molecular weight is 222 g/mol. The van der Waals surface area contributed by atoms with Gasteiger partial charge in [-0.05, 0) is 6.42 Å². The van der Waals surface area contributed by atoms with Gasteiger partial charge in [0.05, 0.1) is 5.69 Å². The molecule has 0 saturated carbocycles. The molecule has 0 saturated heterocycles. The highest BCUT2D eigenvalue weighted by Crippen LogP contribution is 2.09. The van der Waals surface area contributed by atoms with Crippen LogP contribution >= 0.6 is 0 Å². The van der Waals surface area contributed by atoms with Gasteiger partial charge in [0.2, 0.25) is 5.89 Å². The van der Waals surface area contributed by atoms with Gasteiger partial charge in [0.15, 0.2) is 11.6 Å². The molecule has 0 unspecified atom stereocenters. The average Bonchev–Trinajstić information content (AvgIpc) is 2.86. The summed E-state index contributed by atoms with van der Waals surface area (Å²) in [6, 6.07) is 0. The Hall–Kier alpha value is -1.92. The Morgan fingerprint density at radius 3 is 2.75 bits per heavy atom. The number of hydrogen-bond donors (Lipinski definition) is 1. The number of nitrogens with two attached hydrogens (primary N) is 1. The molecule has 2 N–H and O–H groups in total. The molecule has 2 aromatic rings. The third-order valence-corrected chi connectivity index (χ3v) is 2.31. The maximum absolute atomic E-state index is 5.68. The molecule has 2 aromatic heterocycles. The van der Waals surface area contributed by atoms with Crippen LogP contribution in [0.25, 0.3) is 0 Å². The van der Waals surface area contributed by atoms with Crippen LogP contribution in [0.4, 0.5) is 5.82 Å². The fourth-order valence-corrected chi connectivity index (χ4v) is 1.47. The molecule has 0 spiro atoms. The van der Waals surface area contributed by atoms with Gasteiger partial charge < -0.3 is 10.3 Å². The van der Waals surface area contributed by atoms with Crippen LogP contribution in [-0.4, -0.2) is 25.1 Å². The van der Waals surface area contributed by atoms with E-state index in [9.17, 15) is 0 Å². The lowest BCUT2D eigenvalue weighted by Crippen LogP contribution is -2.08. The van der Waals surface area contributed by atoms with Crippen molar-refractivity contribution < 1.29 is 4.52 Å². The Balaban J connectivity index is 2.19. The molecule has 0 bridgehead atoms. The predicted molar refractivity (Wildman–Crippen MR) is 56.6 cm³/mol. The van der Waals surface area contributed by atoms with Crippen LogP contribution in [0.2, 0.25) is 0 Å². The highest BCUT2D eigenvalue weighted by molar-refractivity contribution is 5.32. The first-order valence-corrected chi connectivity index (χ1v) is 5.23. The zero-order valence-corrected chi connectivity index (χ0v) is 9.34. The molecule has 0 fully saturated rings. The van der Waals surface area contributed by atoms with E-state index in [2.05, 4.69) is 20.5 Å². The van der Waals surface area contributed by atoms with Crippen LogP contribution < -0.4 is 5.73 Å². The fourth-order valence-electron chi connectivity index (χ4n) is 1.47. The van der Waals surface area contributed by atoms with E-state index in [1.54, 1.807) is 4.68 Å². The zero-order chi connectivity index (χ0) is 11.5. The molecular formula is C9H14N6O. The van der Waals surface area contributed by atoms with E-state index >= 15 is 0 Å². The summed E-state index contributed by atoms with van der Waals surface area (Å²) >= 11 is 0. The molecule has 2 rings (SSSR count). The first kappa shape index (κ1) is 10.6. The molecular weight excluding hydrogens is 208 g/mol. The van der Waals surface area contributed by atoms with Gasteiger partial charge in [0, 0.05) is 6.42 Å². The minimum absolute atomic E-state index is 0.441. The first-order valence-electron chi connectivity index (χ1n) is 5.23. The van der Waals surface area contributed by atoms with Crippen molar-refractivity contribution >= 4 is 5.82 Å². The van der Waals surface area contributed by atoms with Crippen LogP contribution in [-0.2, 0) is 19.4 Å². The second kappa shape index (κ2) is 4.30. The lowest BCUT2D eigenvalue weighted by atomic mass is 10.3. The summed E-state index contributed by atoms with van der Waals surface area (Å²) in [6.07, 6.45) is 1.50. The summed E-state index contributed by atoms with van der Waals surface area (Å²) in [5.74, 6) is 1.68. The Morgan fingerprint density at radius 2 is 2.12 bits per heavy atom. The fraction of sp³-hybridized carbons (Fsp3) is 0.556. The Kier molecular flexibility index (Phi) is 2.84. The van der Waals surface area contributed by atoms with Gasteiger partial charge in [0.1, 0.15) is 6.54 Å². The third kappa shape index (κ3) is 1.88. The number of nitrogen functional groups attached to an aromatic ring is 1. The largest absolute Gasteiger partial charge is 0.381 e. The molecule has 0 aliphatic heterocycles. The summed E-state index contributed by atoms with van der Waals surface area (Å²) in [5.41, 5.74) is 6.57. The number of aromatic nitrogens is 5. The molecule has 0 aromatic carbocycles. The second-order valence-corrected chi connectivity index (χ2v) is 3.39. The van der Waals surface area contributed by atoms with E-state index in [1.165, 1.54) is 0 Å². The van der Waals surface area contributed by atoms with E-state index in [0.29, 0.717) is 24.1 Å². The normalized spacial score (nSPS) is 10.9. The van der Waals surface area contributed by atoms with Crippen LogP contribution in [0.3, 0.4) is 0 Å². The zero-order valence-electron chi connectivity index (χ0n) is 9.34. The summed E-state index contributed by atoms with van der Waals surface area (Å²) in [7, 11) is 0. The maximum Gasteiger partial charge on any atom is 0.226 e. The van der Waals surface area contributed by atoms with Gasteiger partial charge in [-0.25, -0.2) is 4.68 Å². The van der Waals surface area contributed by atoms with Crippen molar-refractivity contribution in [2.24, 2.45) is 0 Å². The first-order chi connectivity index (χ1) is 7.74. The van der Waals surface area contributed by atoms with Crippen molar-refractivity contribution in [3.05, 3.63) is 17.4 Å². The topological polar surface area (TPSA) is 95.7 Å². The van der Waals surface area contributed by atoms with Gasteiger partial charge in [-0.3, -0.25) is 0 Å². The van der Waals surface area contributed by atoms with Crippen LogP contribution in [0.15, 0.2) is 4.52 Å². The summed E-state index contributed by atoms with van der Waals surface area (Å²) in [5, 5.41) is 11.6. The Morgan fingerprint density at radius 1 is 1.31 bits per heavy atom. The van der Waals surface area contributed by atoms with Crippen molar-refractivity contribution in [2.45, 2.75) is 33.2 Å². The van der Waals surface area contributed by atoms with Gasteiger partial charge >= 0.3 is 0 Å². The molecule has 7 heteroatoms. The highest BCUT2D eigenvalue weighted by Gasteiger charge is 2.11. The maximum atomic E-state index is 5.68. The van der Waals surface area contributed by atoms with Crippen LogP contribution in [0.1, 0.15) is 31.3 Å². The van der Waals surface area contributed by atoms with Crippen LogP contribution in [0.5, 0.6) is 0 Å². The number of aryl methyl sites for hydroxylation is 1. The van der Waals surface area contributed by atoms with Crippen molar-refractivity contribution in [3.63, 3.8) is 0 Å². The minimum Gasteiger partial charge on any atom is -0.381 e. The monoisotopic (exact) mass is 222 g/mol. The standard InChI is InChI=1S/C9H14N6O/c1-3-6-9(10)12-14-15(6)5-7-11-8(4-2)16-13-7/h3-5,10H2,1-2H3. The molecule has 0 aliphatic rings. The van der Waals surface area contributed by atoms with E-state index in [0.717, 1.165) is 18.5 Å². The van der Waals surface area contributed by atoms with Crippen molar-refractivity contribution in [2.75, 3.05) is 5.73 Å². The number of rotatable bonds is 4. The van der Waals surface area contributed by atoms with Gasteiger partial charge in [-0.15, -0.1) is 5.10 Å². The van der Waals surface area contributed by atoms with Gasteiger partial charge in [-0.1, -0.05) is 24.2 Å². The molecule has 16 heavy (non-hydrogen) atoms. The molecule has 2 heterocycles. The number of hydrogen-bond acceptors (Lipinski definition) is 6. The third-order valence-electron chi connectivity index (χ3n) is 2.31. The summed E-state index contributed by atoms with van der Waals surface area (Å²) < 4.78 is 6.71. The second-order valence-electron chi connectivity index (χ2n) is 3.39. The van der Waals surface area contributed by atoms with Gasteiger partial charge in [-0.2, -0.15) is 4.98 Å². The molecule has 0 aliphatic carbocycles. The summed E-state index contributed by atoms with van der Waals surface area (Å²) in [6.45, 7) is 4.40. The smallest absolute Gasteiger partial charge is 0.226 e. The Labute approximate surface area is 92.6 Å². The summed E-state index contributed by atoms with van der Waals surface area (Å²) in [4.78, 5) is 4.20. The van der Waals surface area contributed by atoms with E-state index in [-0.39, 0.29) is 0 Å². The molecule has 0 atom stereocenters. The molecule has 0 amide bonds. The minimum atomic E-state index is 0.441. The van der Waals surface area contributed by atoms with Crippen LogP contribution in [0, 0.1) is 0 Å². The predicted octanol–water partition coefficient (Wildman–Crippen LogP) is 0.416. The van der Waals surface area contributed by atoms with E-state index < -0.39 is 0 Å². The quantitative estimate of drug-likeness (QED) is 0.805. The molecule has 0 radical (unpaired) electrons. The van der Waals surface area contributed by atoms with E-state index in [1.807, 2.05) is 13.8 Å². The highest BCUT2D eigenvalue weighted by atomic mass is 16.5. The number of nitrogens with zero attached hydrogens (tertiary/aromatic N) is 5. The van der Waals surface area contributed by atoms with Crippen molar-refractivity contribution in [1.29, 1.82) is 0 Å². The molecule has 86 valence electrons. The number of anilines is 1. The lowest BCUT2D eigenvalue weighted by molar-refractivity contribution is 0.374. The van der Waals surface area contributed by atoms with E-state index in [4.69, 9.17) is 10.3 Å². The van der Waals surface area contributed by atoms with Crippen molar-refractivity contribution in [1.82, 2.24) is 25.1 Å². The molecule has 7 nitrogen and oxygen atoms in total. The van der Waals surface area contributed by atoms with Gasteiger partial charge in [0.25, 0.3) is 0 Å².